The van der Waals surface area contributed by atoms with Crippen molar-refractivity contribution in [1.82, 2.24) is 15.2 Å². The van der Waals surface area contributed by atoms with Gasteiger partial charge in [-0.3, -0.25) is 14.4 Å². The number of anilines is 1. The first-order chi connectivity index (χ1) is 27.4. The number of thiazole rings is 1. The van der Waals surface area contributed by atoms with Gasteiger partial charge < -0.3 is 34.6 Å². The van der Waals surface area contributed by atoms with Crippen molar-refractivity contribution in [3.8, 4) is 0 Å². The lowest BCUT2D eigenvalue weighted by atomic mass is 10.0. The predicted molar refractivity (Wildman–Crippen MR) is 224 cm³/mol. The van der Waals surface area contributed by atoms with Crippen molar-refractivity contribution in [2.45, 2.75) is 166 Å². The minimum absolute atomic E-state index is 0.153. The lowest BCUT2D eigenvalue weighted by molar-refractivity contribution is -0.169. The average Bonchev–Trinajstić information content (AvgIpc) is 3.67. The molecule has 0 radical (unpaired) electrons. The summed E-state index contributed by atoms with van der Waals surface area (Å²) >= 11 is 2.43. The second-order valence-electron chi connectivity index (χ2n) is 14.5. The van der Waals surface area contributed by atoms with Crippen LogP contribution in [0.3, 0.4) is 0 Å². The largest absolute Gasteiger partial charge is 0.456 e. The third-order valence-electron chi connectivity index (χ3n) is 9.89. The molecule has 1 aromatic heterocycles. The van der Waals surface area contributed by atoms with E-state index in [0.29, 0.717) is 19.6 Å². The number of carbonyl (C=O) groups excluding carboxylic acids is 4. The minimum atomic E-state index is -0.948. The number of amides is 3. The zero-order valence-electron chi connectivity index (χ0n) is 34.0. The number of nitrogens with zero attached hydrogens (tertiary/aromatic N) is 3. The number of aromatic nitrogens is 1. The molecule has 2 aliphatic rings. The van der Waals surface area contributed by atoms with Gasteiger partial charge in [-0.25, -0.2) is 9.78 Å². The second kappa shape index (κ2) is 29.2. The van der Waals surface area contributed by atoms with Crippen LogP contribution in [0.1, 0.15) is 148 Å². The molecule has 0 aromatic carbocycles. The number of hydrogen-bond donors (Lipinski definition) is 2. The SMILES string of the molecule is CCCCCCCCCCCCOCC(COCCCCCCCCCCCC)OC(=O)C1C=CS[C@@H]2C(NC(=O)/C(=N\OC)c3csc(NC=O)n3)C(=O)N12. The highest BCUT2D eigenvalue weighted by Crippen LogP contribution is 2.37. The van der Waals surface area contributed by atoms with Crippen LogP contribution in [0.5, 0.6) is 0 Å². The zero-order valence-corrected chi connectivity index (χ0v) is 35.6. The maximum atomic E-state index is 13.6. The fourth-order valence-corrected chi connectivity index (χ4v) is 8.47. The summed E-state index contributed by atoms with van der Waals surface area (Å²) < 4.78 is 17.9. The molecule has 3 rings (SSSR count). The van der Waals surface area contributed by atoms with Gasteiger partial charge in [-0.2, -0.15) is 0 Å². The van der Waals surface area contributed by atoms with Gasteiger partial charge in [-0.05, 0) is 24.3 Å². The van der Waals surface area contributed by atoms with E-state index in [1.54, 1.807) is 16.9 Å². The summed E-state index contributed by atoms with van der Waals surface area (Å²) in [7, 11) is 1.29. The van der Waals surface area contributed by atoms with Gasteiger partial charge in [0, 0.05) is 18.6 Å². The molecule has 0 saturated carbocycles. The number of oxime groups is 1. The molecule has 1 saturated heterocycles. The normalized spacial score (nSPS) is 17.8. The van der Waals surface area contributed by atoms with E-state index in [1.165, 1.54) is 127 Å². The van der Waals surface area contributed by atoms with Crippen LogP contribution >= 0.6 is 23.1 Å². The molecule has 56 heavy (non-hydrogen) atoms. The lowest BCUT2D eigenvalue weighted by Crippen LogP contribution is -2.73. The van der Waals surface area contributed by atoms with Gasteiger partial charge in [-0.15, -0.1) is 23.1 Å². The van der Waals surface area contributed by atoms with Crippen molar-refractivity contribution in [3.63, 3.8) is 0 Å². The summed E-state index contributed by atoms with van der Waals surface area (Å²) in [5.41, 5.74) is 0.0245. The molecule has 0 aliphatic carbocycles. The summed E-state index contributed by atoms with van der Waals surface area (Å²) in [4.78, 5) is 61.5. The first-order valence-electron chi connectivity index (χ1n) is 21.0. The van der Waals surface area contributed by atoms with E-state index < -0.39 is 41.3 Å². The van der Waals surface area contributed by atoms with E-state index in [2.05, 4.69) is 34.6 Å². The first-order valence-corrected chi connectivity index (χ1v) is 22.9. The van der Waals surface area contributed by atoms with E-state index in [4.69, 9.17) is 19.0 Å². The van der Waals surface area contributed by atoms with E-state index in [-0.39, 0.29) is 29.8 Å². The Morgan fingerprint density at radius 3 is 1.91 bits per heavy atom. The van der Waals surface area contributed by atoms with Crippen molar-refractivity contribution < 1.29 is 38.2 Å². The van der Waals surface area contributed by atoms with E-state index in [9.17, 15) is 19.2 Å². The Morgan fingerprint density at radius 1 is 0.857 bits per heavy atom. The number of carbonyl (C=O) groups is 4. The summed E-state index contributed by atoms with van der Waals surface area (Å²) in [5.74, 6) is -1.67. The Labute approximate surface area is 342 Å². The molecule has 2 unspecified atom stereocenters. The first kappa shape index (κ1) is 47.4. The van der Waals surface area contributed by atoms with Crippen LogP contribution in [0.25, 0.3) is 0 Å². The zero-order chi connectivity index (χ0) is 40.2. The van der Waals surface area contributed by atoms with Gasteiger partial charge in [0.2, 0.25) is 12.3 Å². The molecule has 3 heterocycles. The van der Waals surface area contributed by atoms with Crippen molar-refractivity contribution in [1.29, 1.82) is 0 Å². The maximum Gasteiger partial charge on any atom is 0.333 e. The Bertz CT molecular complexity index is 1320. The summed E-state index contributed by atoms with van der Waals surface area (Å²) in [6, 6.07) is -1.86. The van der Waals surface area contributed by atoms with Crippen molar-refractivity contribution in [2.75, 3.05) is 38.9 Å². The summed E-state index contributed by atoms with van der Waals surface area (Å²) in [6.07, 6.45) is 26.3. The van der Waals surface area contributed by atoms with Gasteiger partial charge in [0.1, 0.15) is 36.4 Å². The Balaban J connectivity index is 1.47. The number of esters is 1. The van der Waals surface area contributed by atoms with E-state index in [0.717, 1.165) is 37.0 Å². The van der Waals surface area contributed by atoms with Gasteiger partial charge in [0.05, 0.1) is 13.2 Å². The van der Waals surface area contributed by atoms with Gasteiger partial charge in [-0.1, -0.05) is 135 Å². The molecule has 2 aliphatic heterocycles. The van der Waals surface area contributed by atoms with Crippen LogP contribution in [-0.4, -0.2) is 96.9 Å². The second-order valence-corrected chi connectivity index (χ2v) is 16.4. The van der Waals surface area contributed by atoms with Crippen molar-refractivity contribution in [3.05, 3.63) is 22.6 Å². The van der Waals surface area contributed by atoms with Gasteiger partial charge >= 0.3 is 5.97 Å². The Hall–Kier alpha value is -3.01. The third kappa shape index (κ3) is 17.2. The molecule has 0 bridgehead atoms. The predicted octanol–water partition coefficient (Wildman–Crippen LogP) is 8.13. The standard InChI is InChI=1S/C41H67N5O8S2/c1-4-6-8-10-12-14-16-18-20-22-25-52-28-32(29-53-26-23-21-19-17-15-13-11-9-7-5-2)54-40(50)34-24-27-55-39-36(38(49)46(34)39)44-37(48)35(45-51-3)33-30-56-41(43-33)42-31-47/h24,27,30-32,34,36,39H,4-23,25-26,28-29H2,1-3H3,(H,44,48)(H,42,43,47)/b45-35-/t34?,36?,39-/m1/s1. The minimum Gasteiger partial charge on any atom is -0.456 e. The highest BCUT2D eigenvalue weighted by atomic mass is 32.2. The molecular formula is C41H67N5O8S2. The van der Waals surface area contributed by atoms with Crippen LogP contribution < -0.4 is 10.6 Å². The van der Waals surface area contributed by atoms with Crippen molar-refractivity contribution >= 4 is 58.1 Å². The quantitative estimate of drug-likeness (QED) is 0.0174. The van der Waals surface area contributed by atoms with Gasteiger partial charge in [0.25, 0.3) is 5.91 Å². The number of fused-ring (bicyclic) bond motifs is 1. The van der Waals surface area contributed by atoms with Crippen LogP contribution in [0.2, 0.25) is 0 Å². The molecule has 316 valence electrons. The van der Waals surface area contributed by atoms with Crippen LogP contribution in [0.4, 0.5) is 5.13 Å². The van der Waals surface area contributed by atoms with Crippen LogP contribution in [-0.2, 0) is 38.2 Å². The number of hydrogen-bond acceptors (Lipinski definition) is 12. The Kier molecular flexibility index (Phi) is 24.7. The number of ether oxygens (including phenoxy) is 3. The van der Waals surface area contributed by atoms with E-state index in [1.807, 2.05) is 0 Å². The molecule has 3 atom stereocenters. The molecular weight excluding hydrogens is 755 g/mol. The molecule has 2 N–H and O–H groups in total. The summed E-state index contributed by atoms with van der Waals surface area (Å²) in [5, 5.41) is 12.0. The highest BCUT2D eigenvalue weighted by molar-refractivity contribution is 8.02. The van der Waals surface area contributed by atoms with Gasteiger partial charge in [0.15, 0.2) is 10.8 Å². The fraction of sp³-hybridized carbons (Fsp3) is 0.756. The monoisotopic (exact) mass is 821 g/mol. The Morgan fingerprint density at radius 2 is 1.39 bits per heavy atom. The average molecular weight is 822 g/mol. The molecule has 3 amide bonds. The molecule has 1 fully saturated rings. The smallest absolute Gasteiger partial charge is 0.333 e. The van der Waals surface area contributed by atoms with Crippen molar-refractivity contribution in [2.24, 2.45) is 5.16 Å². The molecule has 0 spiro atoms. The third-order valence-corrected chi connectivity index (χ3v) is 11.8. The van der Waals surface area contributed by atoms with Crippen LogP contribution in [0, 0.1) is 0 Å². The number of rotatable bonds is 34. The molecule has 1 aromatic rings. The van der Waals surface area contributed by atoms with Crippen LogP contribution in [0.15, 0.2) is 22.0 Å². The topological polar surface area (TPSA) is 158 Å². The lowest BCUT2D eigenvalue weighted by Gasteiger charge is -2.50. The number of nitrogens with one attached hydrogen (secondary N) is 2. The highest BCUT2D eigenvalue weighted by Gasteiger charge is 2.54. The number of unbranched alkanes of at least 4 members (excludes halogenated alkanes) is 18. The fourth-order valence-electron chi connectivity index (χ4n) is 6.71. The number of β-lactam (4-membered cyclic amide) rings is 1. The molecule has 15 heteroatoms. The maximum absolute atomic E-state index is 13.6. The number of thioether (sulfide) groups is 1. The molecule has 13 nitrogen and oxygen atoms in total. The van der Waals surface area contributed by atoms with E-state index >= 15 is 0 Å². The summed E-state index contributed by atoms with van der Waals surface area (Å²) in [6.45, 7) is 6.08.